The fourth-order valence-electron chi connectivity index (χ4n) is 0.634. The number of nitrogens with two attached hydrogens (primary N) is 1. The zero-order chi connectivity index (χ0) is 8.27. The largest absolute Gasteiger partial charge is 0.480 e. The molecule has 0 saturated carbocycles. The van der Waals surface area contributed by atoms with Gasteiger partial charge >= 0.3 is 0 Å². The lowest BCUT2D eigenvalue weighted by atomic mass is 10.3. The molecule has 1 heterocycles. The highest BCUT2D eigenvalue weighted by molar-refractivity contribution is 5.40. The number of rotatable bonds is 1. The van der Waals surface area contributed by atoms with E-state index in [4.69, 9.17) is 16.9 Å². The van der Waals surface area contributed by atoms with Gasteiger partial charge in [-0.25, -0.2) is 4.98 Å². The van der Waals surface area contributed by atoms with Crippen LogP contribution in [0.2, 0.25) is 0 Å². The molecule has 56 valence electrons. The monoisotopic (exact) mass is 149 g/mol. The number of terminal acetylenes is 1. The number of nitrogens with zero attached hydrogens (tertiary/aromatic N) is 2. The minimum absolute atomic E-state index is 0.154. The fraction of sp³-hybridized carbons (Fsp3) is 0.143. The van der Waals surface area contributed by atoms with Gasteiger partial charge in [-0.15, -0.1) is 6.42 Å². The van der Waals surface area contributed by atoms with Crippen molar-refractivity contribution < 1.29 is 4.74 Å². The molecule has 0 spiro atoms. The third-order valence-electron chi connectivity index (χ3n) is 1.12. The molecule has 0 bridgehead atoms. The van der Waals surface area contributed by atoms with Crippen molar-refractivity contribution in [3.05, 3.63) is 11.8 Å². The molecule has 11 heavy (non-hydrogen) atoms. The molecule has 2 N–H and O–H groups in total. The Morgan fingerprint density at radius 2 is 2.45 bits per heavy atom. The summed E-state index contributed by atoms with van der Waals surface area (Å²) >= 11 is 0. The molecule has 0 saturated heterocycles. The third-order valence-corrected chi connectivity index (χ3v) is 1.12. The van der Waals surface area contributed by atoms with Crippen LogP contribution < -0.4 is 10.5 Å². The van der Waals surface area contributed by atoms with Gasteiger partial charge < -0.3 is 10.5 Å². The number of ether oxygens (including phenoxy) is 1. The Hall–Kier alpha value is -1.76. The van der Waals surface area contributed by atoms with E-state index >= 15 is 0 Å². The van der Waals surface area contributed by atoms with E-state index in [0.29, 0.717) is 11.4 Å². The molecular weight excluding hydrogens is 142 g/mol. The Kier molecular flexibility index (Phi) is 1.93. The summed E-state index contributed by atoms with van der Waals surface area (Å²) in [7, 11) is 1.47. The maximum atomic E-state index is 5.29. The Morgan fingerprint density at radius 3 is 3.00 bits per heavy atom. The first-order valence-electron chi connectivity index (χ1n) is 2.91. The standard InChI is InChI=1S/C7H7N3O/c1-3-5-4-9-7(8)10-6(5)11-2/h1,4H,2H3,(H2,8,9,10). The summed E-state index contributed by atoms with van der Waals surface area (Å²) in [6, 6.07) is 0. The average Bonchev–Trinajstić information content (AvgIpc) is 2.04. The van der Waals surface area contributed by atoms with Crippen LogP contribution in [0.1, 0.15) is 5.56 Å². The molecule has 0 amide bonds. The average molecular weight is 149 g/mol. The molecular formula is C7H7N3O. The highest BCUT2D eigenvalue weighted by Gasteiger charge is 2.01. The van der Waals surface area contributed by atoms with Crippen molar-refractivity contribution in [2.45, 2.75) is 0 Å². The molecule has 0 aromatic carbocycles. The van der Waals surface area contributed by atoms with Gasteiger partial charge in [-0.2, -0.15) is 4.98 Å². The van der Waals surface area contributed by atoms with Gasteiger partial charge in [-0.3, -0.25) is 0 Å². The van der Waals surface area contributed by atoms with Gasteiger partial charge in [0.1, 0.15) is 5.56 Å². The number of hydrogen-bond donors (Lipinski definition) is 1. The van der Waals surface area contributed by atoms with Gasteiger partial charge in [0.05, 0.1) is 13.3 Å². The highest BCUT2D eigenvalue weighted by atomic mass is 16.5. The quantitative estimate of drug-likeness (QED) is 0.573. The van der Waals surface area contributed by atoms with Crippen LogP contribution in [0.4, 0.5) is 5.95 Å². The summed E-state index contributed by atoms with van der Waals surface area (Å²) in [5.41, 5.74) is 5.79. The summed E-state index contributed by atoms with van der Waals surface area (Å²) in [4.78, 5) is 7.47. The highest BCUT2D eigenvalue weighted by Crippen LogP contribution is 2.12. The zero-order valence-corrected chi connectivity index (χ0v) is 6.03. The third kappa shape index (κ3) is 1.38. The Labute approximate surface area is 64.4 Å². The maximum absolute atomic E-state index is 5.29. The smallest absolute Gasteiger partial charge is 0.234 e. The lowest BCUT2D eigenvalue weighted by Crippen LogP contribution is -1.99. The summed E-state index contributed by atoms with van der Waals surface area (Å²) < 4.78 is 4.84. The van der Waals surface area contributed by atoms with E-state index in [2.05, 4.69) is 15.9 Å². The van der Waals surface area contributed by atoms with E-state index < -0.39 is 0 Å². The Morgan fingerprint density at radius 1 is 1.73 bits per heavy atom. The van der Waals surface area contributed by atoms with Crippen LogP contribution in [0, 0.1) is 12.3 Å². The number of aromatic nitrogens is 2. The van der Waals surface area contributed by atoms with Crippen molar-refractivity contribution in [3.8, 4) is 18.2 Å². The van der Waals surface area contributed by atoms with Crippen LogP contribution in [0.15, 0.2) is 6.20 Å². The minimum atomic E-state index is 0.154. The molecule has 0 radical (unpaired) electrons. The van der Waals surface area contributed by atoms with Crippen LogP contribution in [0.25, 0.3) is 0 Å². The molecule has 4 nitrogen and oxygen atoms in total. The summed E-state index contributed by atoms with van der Waals surface area (Å²) in [5, 5.41) is 0. The van der Waals surface area contributed by atoms with Crippen molar-refractivity contribution in [2.24, 2.45) is 0 Å². The first kappa shape index (κ1) is 7.35. The summed E-state index contributed by atoms with van der Waals surface area (Å²) in [6.45, 7) is 0. The van der Waals surface area contributed by atoms with Crippen molar-refractivity contribution in [3.63, 3.8) is 0 Å². The number of nitrogen functional groups attached to an aromatic ring is 1. The molecule has 1 rings (SSSR count). The second kappa shape index (κ2) is 2.88. The molecule has 4 heteroatoms. The van der Waals surface area contributed by atoms with Gasteiger partial charge in [0.2, 0.25) is 11.8 Å². The normalized spacial score (nSPS) is 8.73. The molecule has 0 aliphatic carbocycles. The molecule has 0 atom stereocenters. The van der Waals surface area contributed by atoms with E-state index in [1.165, 1.54) is 13.3 Å². The lowest BCUT2D eigenvalue weighted by molar-refractivity contribution is 0.396. The predicted molar refractivity (Wildman–Crippen MR) is 40.9 cm³/mol. The number of hydrogen-bond acceptors (Lipinski definition) is 4. The van der Waals surface area contributed by atoms with E-state index in [-0.39, 0.29) is 5.95 Å². The van der Waals surface area contributed by atoms with Gasteiger partial charge in [0, 0.05) is 0 Å². The first-order valence-corrected chi connectivity index (χ1v) is 2.91. The second-order valence-corrected chi connectivity index (χ2v) is 1.80. The predicted octanol–water partition coefficient (Wildman–Crippen LogP) is 0.0487. The minimum Gasteiger partial charge on any atom is -0.480 e. The van der Waals surface area contributed by atoms with Crippen LogP contribution in [-0.2, 0) is 0 Å². The molecule has 0 aliphatic heterocycles. The van der Waals surface area contributed by atoms with E-state index in [0.717, 1.165) is 0 Å². The Balaban J connectivity index is 3.19. The SMILES string of the molecule is C#Cc1cnc(N)nc1OC. The van der Waals surface area contributed by atoms with E-state index in [9.17, 15) is 0 Å². The van der Waals surface area contributed by atoms with Gasteiger partial charge in [0.15, 0.2) is 0 Å². The number of anilines is 1. The molecule has 0 unspecified atom stereocenters. The van der Waals surface area contributed by atoms with Crippen molar-refractivity contribution in [1.82, 2.24) is 9.97 Å². The van der Waals surface area contributed by atoms with Crippen molar-refractivity contribution >= 4 is 5.95 Å². The van der Waals surface area contributed by atoms with Gasteiger partial charge in [0.25, 0.3) is 0 Å². The van der Waals surface area contributed by atoms with Crippen LogP contribution >= 0.6 is 0 Å². The van der Waals surface area contributed by atoms with Crippen molar-refractivity contribution in [1.29, 1.82) is 0 Å². The fourth-order valence-corrected chi connectivity index (χ4v) is 0.634. The van der Waals surface area contributed by atoms with Gasteiger partial charge in [-0.05, 0) is 0 Å². The lowest BCUT2D eigenvalue weighted by Gasteiger charge is -2.00. The van der Waals surface area contributed by atoms with Crippen LogP contribution in [0.3, 0.4) is 0 Å². The molecule has 0 aliphatic rings. The van der Waals surface area contributed by atoms with Crippen molar-refractivity contribution in [2.75, 3.05) is 12.8 Å². The van der Waals surface area contributed by atoms with E-state index in [1.54, 1.807) is 0 Å². The Bertz CT molecular complexity index is 303. The summed E-state index contributed by atoms with van der Waals surface area (Å²) in [5.74, 6) is 2.86. The molecule has 1 aromatic heterocycles. The molecule has 0 fully saturated rings. The first-order chi connectivity index (χ1) is 5.27. The van der Waals surface area contributed by atoms with Crippen LogP contribution in [0.5, 0.6) is 5.88 Å². The summed E-state index contributed by atoms with van der Waals surface area (Å²) in [6.07, 6.45) is 6.57. The van der Waals surface area contributed by atoms with E-state index in [1.807, 2.05) is 0 Å². The van der Waals surface area contributed by atoms with Crippen LogP contribution in [-0.4, -0.2) is 17.1 Å². The second-order valence-electron chi connectivity index (χ2n) is 1.80. The van der Waals surface area contributed by atoms with Gasteiger partial charge in [-0.1, -0.05) is 5.92 Å². The number of methoxy groups -OCH3 is 1. The topological polar surface area (TPSA) is 61.0 Å². The zero-order valence-electron chi connectivity index (χ0n) is 6.03. The molecule has 1 aromatic rings. The maximum Gasteiger partial charge on any atom is 0.234 e.